The van der Waals surface area contributed by atoms with Crippen molar-refractivity contribution in [3.8, 4) is 0 Å². The maximum atomic E-state index is 11.7. The Balaban J connectivity index is 1.77. The molecular formula is C10H16N2O4. The topological polar surface area (TPSA) is 67.9 Å². The minimum atomic E-state index is -0.506. The van der Waals surface area contributed by atoms with Crippen molar-refractivity contribution >= 4 is 12.0 Å². The molecule has 2 atom stereocenters. The van der Waals surface area contributed by atoms with Crippen LogP contribution in [0.25, 0.3) is 0 Å². The Morgan fingerprint density at radius 2 is 2.44 bits per heavy atom. The lowest BCUT2D eigenvalue weighted by Crippen LogP contribution is -2.45. The van der Waals surface area contributed by atoms with Gasteiger partial charge in [-0.25, -0.2) is 4.79 Å². The fraction of sp³-hybridized carbons (Fsp3) is 0.800. The number of rotatable bonds is 3. The number of hydrogen-bond donors (Lipinski definition) is 1. The normalized spacial score (nSPS) is 29.3. The van der Waals surface area contributed by atoms with Gasteiger partial charge in [-0.05, 0) is 12.8 Å². The molecule has 6 heteroatoms. The Kier molecular flexibility index (Phi) is 3.28. The molecular weight excluding hydrogens is 212 g/mol. The van der Waals surface area contributed by atoms with E-state index in [0.717, 1.165) is 19.4 Å². The highest BCUT2D eigenvalue weighted by Gasteiger charge is 2.35. The molecule has 16 heavy (non-hydrogen) atoms. The van der Waals surface area contributed by atoms with Crippen LogP contribution in [0.3, 0.4) is 0 Å². The van der Waals surface area contributed by atoms with E-state index in [2.05, 4.69) is 5.32 Å². The average molecular weight is 228 g/mol. The molecule has 6 nitrogen and oxygen atoms in total. The van der Waals surface area contributed by atoms with Gasteiger partial charge in [0.05, 0.1) is 6.10 Å². The second kappa shape index (κ2) is 4.69. The molecule has 2 amide bonds. The molecule has 90 valence electrons. The molecule has 2 aliphatic rings. The second-order valence-electron chi connectivity index (χ2n) is 4.08. The Morgan fingerprint density at radius 3 is 3.00 bits per heavy atom. The summed E-state index contributed by atoms with van der Waals surface area (Å²) in [6.45, 7) is 1.41. The van der Waals surface area contributed by atoms with Crippen LogP contribution < -0.4 is 5.32 Å². The number of ether oxygens (including phenoxy) is 2. The van der Waals surface area contributed by atoms with Gasteiger partial charge in [0.25, 0.3) is 0 Å². The number of amides is 2. The molecule has 0 saturated carbocycles. The van der Waals surface area contributed by atoms with Crippen molar-refractivity contribution in [1.82, 2.24) is 10.2 Å². The SMILES string of the molecule is CN1C(=O)OCC1C(=O)NCC1CCCO1. The summed E-state index contributed by atoms with van der Waals surface area (Å²) in [4.78, 5) is 24.1. The zero-order chi connectivity index (χ0) is 11.5. The van der Waals surface area contributed by atoms with Gasteiger partial charge in [-0.1, -0.05) is 0 Å². The standard InChI is InChI=1S/C10H16N2O4/c1-12-8(6-16-10(12)14)9(13)11-5-7-3-2-4-15-7/h7-8H,2-6H2,1H3,(H,11,13). The Bertz CT molecular complexity index is 289. The lowest BCUT2D eigenvalue weighted by molar-refractivity contribution is -0.125. The largest absolute Gasteiger partial charge is 0.447 e. The average Bonchev–Trinajstić information content (AvgIpc) is 2.88. The van der Waals surface area contributed by atoms with Crippen LogP contribution in [0.15, 0.2) is 0 Å². The van der Waals surface area contributed by atoms with E-state index in [1.807, 2.05) is 0 Å². The third-order valence-electron chi connectivity index (χ3n) is 2.95. The van der Waals surface area contributed by atoms with Crippen molar-refractivity contribution in [3.63, 3.8) is 0 Å². The third kappa shape index (κ3) is 2.27. The Morgan fingerprint density at radius 1 is 1.62 bits per heavy atom. The zero-order valence-corrected chi connectivity index (χ0v) is 9.27. The van der Waals surface area contributed by atoms with Crippen LogP contribution in [0.2, 0.25) is 0 Å². The highest BCUT2D eigenvalue weighted by atomic mass is 16.6. The van der Waals surface area contributed by atoms with Crippen LogP contribution in [0.5, 0.6) is 0 Å². The van der Waals surface area contributed by atoms with Crippen molar-refractivity contribution in [3.05, 3.63) is 0 Å². The summed E-state index contributed by atoms with van der Waals surface area (Å²) >= 11 is 0. The van der Waals surface area contributed by atoms with Gasteiger partial charge in [0.1, 0.15) is 12.6 Å². The molecule has 2 heterocycles. The van der Waals surface area contributed by atoms with Crippen LogP contribution in [-0.2, 0) is 14.3 Å². The van der Waals surface area contributed by atoms with Gasteiger partial charge < -0.3 is 14.8 Å². The molecule has 2 saturated heterocycles. The molecule has 0 radical (unpaired) electrons. The van der Waals surface area contributed by atoms with E-state index in [4.69, 9.17) is 9.47 Å². The fourth-order valence-corrected chi connectivity index (χ4v) is 1.88. The predicted octanol–water partition coefficient (Wildman–Crippen LogP) is -0.268. The first-order chi connectivity index (χ1) is 7.68. The maximum absolute atomic E-state index is 11.7. The van der Waals surface area contributed by atoms with Crippen molar-refractivity contribution in [1.29, 1.82) is 0 Å². The van der Waals surface area contributed by atoms with Crippen molar-refractivity contribution in [2.45, 2.75) is 25.0 Å². The molecule has 1 N–H and O–H groups in total. The number of carbonyl (C=O) groups excluding carboxylic acids is 2. The summed E-state index contributed by atoms with van der Waals surface area (Å²) in [5.41, 5.74) is 0. The van der Waals surface area contributed by atoms with E-state index in [1.165, 1.54) is 4.90 Å². The van der Waals surface area contributed by atoms with Gasteiger partial charge in [0.2, 0.25) is 5.91 Å². The first kappa shape index (κ1) is 11.2. The number of cyclic esters (lactones) is 1. The zero-order valence-electron chi connectivity index (χ0n) is 9.27. The molecule has 0 bridgehead atoms. The summed E-state index contributed by atoms with van der Waals surface area (Å²) < 4.78 is 10.2. The first-order valence-corrected chi connectivity index (χ1v) is 5.47. The smallest absolute Gasteiger partial charge is 0.410 e. The third-order valence-corrected chi connectivity index (χ3v) is 2.95. The van der Waals surface area contributed by atoms with E-state index in [0.29, 0.717) is 6.54 Å². The number of nitrogens with one attached hydrogen (secondary N) is 1. The van der Waals surface area contributed by atoms with Crippen molar-refractivity contribution < 1.29 is 19.1 Å². The number of nitrogens with zero attached hydrogens (tertiary/aromatic N) is 1. The number of carbonyl (C=O) groups is 2. The molecule has 2 rings (SSSR count). The van der Waals surface area contributed by atoms with E-state index >= 15 is 0 Å². The summed E-state index contributed by atoms with van der Waals surface area (Å²) in [6, 6.07) is -0.506. The van der Waals surface area contributed by atoms with Crippen molar-refractivity contribution in [2.24, 2.45) is 0 Å². The van der Waals surface area contributed by atoms with Gasteiger partial charge in [-0.2, -0.15) is 0 Å². The molecule has 0 aromatic heterocycles. The van der Waals surface area contributed by atoms with Crippen LogP contribution >= 0.6 is 0 Å². The molecule has 0 aromatic rings. The lowest BCUT2D eigenvalue weighted by Gasteiger charge is -2.17. The fourth-order valence-electron chi connectivity index (χ4n) is 1.88. The highest BCUT2D eigenvalue weighted by molar-refractivity contribution is 5.87. The summed E-state index contributed by atoms with van der Waals surface area (Å²) in [6.07, 6.45) is 1.70. The Hall–Kier alpha value is -1.30. The quantitative estimate of drug-likeness (QED) is 0.722. The number of likely N-dealkylation sites (N-methyl/N-ethyl adjacent to an activating group) is 1. The molecule has 0 spiro atoms. The van der Waals surface area contributed by atoms with Crippen LogP contribution in [0.4, 0.5) is 4.79 Å². The second-order valence-corrected chi connectivity index (χ2v) is 4.08. The van der Waals surface area contributed by atoms with Crippen LogP contribution in [0.1, 0.15) is 12.8 Å². The van der Waals surface area contributed by atoms with Gasteiger partial charge in [0.15, 0.2) is 0 Å². The summed E-state index contributed by atoms with van der Waals surface area (Å²) in [7, 11) is 1.56. The van der Waals surface area contributed by atoms with Crippen LogP contribution in [-0.4, -0.2) is 55.9 Å². The van der Waals surface area contributed by atoms with E-state index in [-0.39, 0.29) is 18.6 Å². The van der Waals surface area contributed by atoms with Gasteiger partial charge >= 0.3 is 6.09 Å². The number of hydrogen-bond acceptors (Lipinski definition) is 4. The summed E-state index contributed by atoms with van der Waals surface area (Å²) in [5, 5.41) is 2.78. The molecule has 0 aliphatic carbocycles. The highest BCUT2D eigenvalue weighted by Crippen LogP contribution is 2.12. The van der Waals surface area contributed by atoms with Gasteiger partial charge in [-0.15, -0.1) is 0 Å². The summed E-state index contributed by atoms with van der Waals surface area (Å²) in [5.74, 6) is -0.177. The van der Waals surface area contributed by atoms with Gasteiger partial charge in [-0.3, -0.25) is 9.69 Å². The molecule has 2 aliphatic heterocycles. The van der Waals surface area contributed by atoms with E-state index < -0.39 is 12.1 Å². The predicted molar refractivity (Wildman–Crippen MR) is 54.9 cm³/mol. The minimum absolute atomic E-state index is 0.118. The van der Waals surface area contributed by atoms with E-state index in [9.17, 15) is 9.59 Å². The molecule has 0 aromatic carbocycles. The maximum Gasteiger partial charge on any atom is 0.410 e. The Labute approximate surface area is 93.9 Å². The first-order valence-electron chi connectivity index (χ1n) is 5.47. The molecule has 2 fully saturated rings. The molecule has 2 unspecified atom stereocenters. The monoisotopic (exact) mass is 228 g/mol. The van der Waals surface area contributed by atoms with Crippen LogP contribution in [0, 0.1) is 0 Å². The van der Waals surface area contributed by atoms with E-state index in [1.54, 1.807) is 7.05 Å². The van der Waals surface area contributed by atoms with Gasteiger partial charge in [0, 0.05) is 20.2 Å². The minimum Gasteiger partial charge on any atom is -0.447 e. The lowest BCUT2D eigenvalue weighted by atomic mass is 10.2. The van der Waals surface area contributed by atoms with Crippen molar-refractivity contribution in [2.75, 3.05) is 26.8 Å².